The van der Waals surface area contributed by atoms with Gasteiger partial charge in [-0.1, -0.05) is 121 Å². The molecule has 3 rings (SSSR count). The number of allylic oxidation sites excluding steroid dienone is 3. The summed E-state index contributed by atoms with van der Waals surface area (Å²) in [4.78, 5) is 0. The van der Waals surface area contributed by atoms with Crippen LogP contribution in [0, 0.1) is 38.4 Å². The topological polar surface area (TPSA) is 0 Å². The predicted molar refractivity (Wildman–Crippen MR) is 132 cm³/mol. The molecule has 1 heteroatoms. The summed E-state index contributed by atoms with van der Waals surface area (Å²) in [6.45, 7) is 36.9. The highest BCUT2D eigenvalue weighted by Gasteiger charge is 2.77. The first-order chi connectivity index (χ1) is 12.6. The lowest BCUT2D eigenvalue weighted by atomic mass is 9.33. The zero-order chi connectivity index (χ0) is 22.8. The van der Waals surface area contributed by atoms with E-state index in [9.17, 15) is 0 Å². The molecule has 166 valence electrons. The zero-order valence-electron chi connectivity index (χ0n) is 22.1. The minimum Gasteiger partial charge on any atom is -0.143 e. The normalized spacial score (nSPS) is 32.3. The second-order valence-corrected chi connectivity index (χ2v) is 16.6. The number of rotatable bonds is 1. The predicted octanol–water partition coefficient (Wildman–Crippen LogP) is 8.92. The smallest absolute Gasteiger partial charge is 0.0432 e. The maximum Gasteiger partial charge on any atom is 0.0432 e. The molecule has 0 aromatic carbocycles. The number of hydrogen-bond donors (Lipinski definition) is 0. The van der Waals surface area contributed by atoms with Gasteiger partial charge in [0.2, 0.25) is 0 Å². The van der Waals surface area contributed by atoms with E-state index in [0.29, 0.717) is 15.9 Å². The molecule has 0 nitrogen and oxygen atoms in total. The van der Waals surface area contributed by atoms with Crippen LogP contribution in [-0.2, 0) is 0 Å². The van der Waals surface area contributed by atoms with Crippen LogP contribution in [0.15, 0.2) is 22.8 Å². The lowest BCUT2D eigenvalue weighted by Crippen LogP contribution is -2.63. The zero-order valence-corrected chi connectivity index (χ0v) is 23.0. The van der Waals surface area contributed by atoms with Crippen molar-refractivity contribution in [2.45, 2.75) is 114 Å². The summed E-state index contributed by atoms with van der Waals surface area (Å²) < 4.78 is 0.306. The van der Waals surface area contributed by atoms with Crippen molar-refractivity contribution in [3.8, 4) is 0 Å². The van der Waals surface area contributed by atoms with E-state index in [-0.39, 0.29) is 32.5 Å². The van der Waals surface area contributed by atoms with Crippen molar-refractivity contribution in [1.82, 2.24) is 0 Å². The quantitative estimate of drug-likeness (QED) is 0.303. The van der Waals surface area contributed by atoms with Gasteiger partial charge in [0.15, 0.2) is 0 Å². The van der Waals surface area contributed by atoms with Crippen LogP contribution in [-0.4, -0.2) is 10.00 Å². The molecule has 0 N–H and O–H groups in total. The second-order valence-electron chi connectivity index (χ2n) is 15.2. The Labute approximate surface area is 186 Å². The Bertz CT molecular complexity index is 757. The maximum absolute atomic E-state index is 2.72. The summed E-state index contributed by atoms with van der Waals surface area (Å²) >= 11 is 2.28. The Morgan fingerprint density at radius 3 is 1.38 bits per heavy atom. The van der Waals surface area contributed by atoms with Crippen molar-refractivity contribution in [1.29, 1.82) is 0 Å². The lowest BCUT2D eigenvalue weighted by molar-refractivity contribution is 0.0367. The molecule has 1 saturated heterocycles. The molecule has 3 unspecified atom stereocenters. The van der Waals surface area contributed by atoms with Crippen LogP contribution in [0.1, 0.15) is 104 Å². The molecule has 29 heavy (non-hydrogen) atoms. The highest BCUT2D eigenvalue weighted by atomic mass is 32.2. The van der Waals surface area contributed by atoms with E-state index in [4.69, 9.17) is 0 Å². The van der Waals surface area contributed by atoms with Gasteiger partial charge in [0.25, 0.3) is 0 Å². The van der Waals surface area contributed by atoms with Crippen molar-refractivity contribution in [2.24, 2.45) is 38.4 Å². The van der Waals surface area contributed by atoms with E-state index < -0.39 is 0 Å². The van der Waals surface area contributed by atoms with Crippen molar-refractivity contribution in [3.05, 3.63) is 22.8 Å². The number of fused-ring (bicyclic) bond motifs is 1. The van der Waals surface area contributed by atoms with Crippen LogP contribution in [0.5, 0.6) is 0 Å². The average molecular weight is 417 g/mol. The molecule has 2 aliphatic carbocycles. The summed E-state index contributed by atoms with van der Waals surface area (Å²) in [6.07, 6.45) is 2.72. The fourth-order valence-corrected chi connectivity index (χ4v) is 9.33. The Morgan fingerprint density at radius 2 is 1.10 bits per heavy atom. The SMILES string of the molecule is CC(C)(C)C1=CC2(C(C)(C)C)C(C3SC3(C(C)(C)C)C(C)(C)C)=C(C(C)(C)C)C12. The highest BCUT2D eigenvalue weighted by Crippen LogP contribution is 2.83. The van der Waals surface area contributed by atoms with Gasteiger partial charge in [-0.05, 0) is 32.6 Å². The van der Waals surface area contributed by atoms with Gasteiger partial charge >= 0.3 is 0 Å². The van der Waals surface area contributed by atoms with Gasteiger partial charge < -0.3 is 0 Å². The molecule has 0 bridgehead atoms. The van der Waals surface area contributed by atoms with Gasteiger partial charge in [0, 0.05) is 21.3 Å². The second kappa shape index (κ2) is 5.79. The number of hydrogen-bond acceptors (Lipinski definition) is 1. The minimum atomic E-state index is 0.226. The summed E-state index contributed by atoms with van der Waals surface area (Å²) in [6, 6.07) is 0. The summed E-state index contributed by atoms with van der Waals surface area (Å²) in [5.74, 6) is 0.635. The van der Waals surface area contributed by atoms with Crippen LogP contribution in [0.3, 0.4) is 0 Å². The van der Waals surface area contributed by atoms with E-state index in [0.717, 1.165) is 0 Å². The third kappa shape index (κ3) is 2.84. The molecule has 0 aromatic heterocycles. The molecule has 0 aromatic rings. The van der Waals surface area contributed by atoms with Gasteiger partial charge in [0.05, 0.1) is 0 Å². The molecular weight excluding hydrogens is 368 g/mol. The largest absolute Gasteiger partial charge is 0.143 e. The molecule has 0 amide bonds. The van der Waals surface area contributed by atoms with Crippen molar-refractivity contribution in [3.63, 3.8) is 0 Å². The van der Waals surface area contributed by atoms with Crippen LogP contribution < -0.4 is 0 Å². The van der Waals surface area contributed by atoms with Crippen molar-refractivity contribution >= 4 is 11.8 Å². The first-order valence-electron chi connectivity index (χ1n) is 11.7. The standard InChI is InChI=1S/C28H48S/c1-22(2,3)17-16-27(24(7,8)9)18(17)19(23(4,5)6)20(27)21-28(29-21,25(10,11)12)26(13,14)15/h16,18,21H,1-15H3. The van der Waals surface area contributed by atoms with E-state index >= 15 is 0 Å². The van der Waals surface area contributed by atoms with E-state index in [2.05, 4.69) is 122 Å². The minimum absolute atomic E-state index is 0.226. The molecular formula is C28H48S. The third-order valence-electron chi connectivity index (χ3n) is 8.20. The van der Waals surface area contributed by atoms with Crippen LogP contribution in [0.25, 0.3) is 0 Å². The van der Waals surface area contributed by atoms with Crippen molar-refractivity contribution in [2.75, 3.05) is 0 Å². The van der Waals surface area contributed by atoms with Gasteiger partial charge in [-0.15, -0.1) is 11.8 Å². The van der Waals surface area contributed by atoms with E-state index in [1.54, 1.807) is 11.1 Å². The van der Waals surface area contributed by atoms with Gasteiger partial charge in [-0.25, -0.2) is 0 Å². The van der Waals surface area contributed by atoms with Gasteiger partial charge in [0.1, 0.15) is 0 Å². The summed E-state index contributed by atoms with van der Waals surface area (Å²) in [5, 5.41) is 0.643. The molecule has 1 fully saturated rings. The van der Waals surface area contributed by atoms with Crippen LogP contribution in [0.2, 0.25) is 0 Å². The van der Waals surface area contributed by atoms with Gasteiger partial charge in [-0.2, -0.15) is 0 Å². The molecule has 3 atom stereocenters. The van der Waals surface area contributed by atoms with Gasteiger partial charge in [-0.3, -0.25) is 0 Å². The fraction of sp³-hybridized carbons (Fsp3) is 0.857. The number of thioether (sulfide) groups is 1. The Kier molecular flexibility index (Phi) is 4.69. The first-order valence-corrected chi connectivity index (χ1v) is 12.6. The molecule has 0 spiro atoms. The monoisotopic (exact) mass is 416 g/mol. The highest BCUT2D eigenvalue weighted by molar-refractivity contribution is 8.09. The molecule has 1 aliphatic heterocycles. The molecule has 0 radical (unpaired) electrons. The third-order valence-corrected chi connectivity index (χ3v) is 10.6. The molecule has 0 saturated carbocycles. The maximum atomic E-state index is 2.72. The van der Waals surface area contributed by atoms with Crippen molar-refractivity contribution < 1.29 is 0 Å². The van der Waals surface area contributed by atoms with E-state index in [1.807, 2.05) is 5.57 Å². The lowest BCUT2D eigenvalue weighted by Gasteiger charge is -2.69. The fourth-order valence-electron chi connectivity index (χ4n) is 7.06. The van der Waals surface area contributed by atoms with E-state index in [1.165, 1.54) is 0 Å². The van der Waals surface area contributed by atoms with Crippen LogP contribution >= 0.6 is 11.8 Å². The first kappa shape index (κ1) is 23.5. The Hall–Kier alpha value is -0.170. The summed E-state index contributed by atoms with van der Waals surface area (Å²) in [5.41, 5.74) is 6.80. The molecule has 3 aliphatic rings. The van der Waals surface area contributed by atoms with Crippen LogP contribution in [0.4, 0.5) is 0 Å². The summed E-state index contributed by atoms with van der Waals surface area (Å²) in [7, 11) is 0. The average Bonchev–Trinajstić information content (AvgIpc) is 3.11. The Balaban J connectivity index is 2.24. The Morgan fingerprint density at radius 1 is 0.655 bits per heavy atom. The molecule has 1 heterocycles.